The van der Waals surface area contributed by atoms with E-state index in [2.05, 4.69) is 173 Å². The Kier molecular flexibility index (Phi) is 10.8. The normalized spacial score (nSPS) is 16.6. The largest absolute Gasteiger partial charge is 0.425 e. The summed E-state index contributed by atoms with van der Waals surface area (Å²) in [7, 11) is 0. The Bertz CT molecular complexity index is 2190. The van der Waals surface area contributed by atoms with E-state index in [-0.39, 0.29) is 38.5 Å². The predicted octanol–water partition coefficient (Wildman–Crippen LogP) is 13.9. The first-order chi connectivity index (χ1) is 26.7. The summed E-state index contributed by atoms with van der Waals surface area (Å²) in [6, 6.07) is 17.8. The molecule has 0 aromatic heterocycles. The highest BCUT2D eigenvalue weighted by Crippen LogP contribution is 2.49. The van der Waals surface area contributed by atoms with E-state index in [0.717, 1.165) is 61.6 Å². The molecule has 0 fully saturated rings. The van der Waals surface area contributed by atoms with Crippen LogP contribution in [0.2, 0.25) is 0 Å². The summed E-state index contributed by atoms with van der Waals surface area (Å²) < 4.78 is 27.3. The van der Waals surface area contributed by atoms with Gasteiger partial charge in [0.05, 0.1) is 0 Å². The fourth-order valence-electron chi connectivity index (χ4n) is 8.37. The zero-order valence-electron chi connectivity index (χ0n) is 40.0. The van der Waals surface area contributed by atoms with E-state index in [1.807, 2.05) is 13.8 Å². The molecule has 1 atom stereocenters. The van der Waals surface area contributed by atoms with Gasteiger partial charge < -0.3 is 18.9 Å². The van der Waals surface area contributed by atoms with E-state index in [9.17, 15) is 4.79 Å². The van der Waals surface area contributed by atoms with Crippen LogP contribution in [0.25, 0.3) is 0 Å². The number of ether oxygens (including phenoxy) is 4. The molecule has 0 saturated heterocycles. The summed E-state index contributed by atoms with van der Waals surface area (Å²) in [5.74, 6) is 2.17. The van der Waals surface area contributed by atoms with Gasteiger partial charge in [0.2, 0.25) is 0 Å². The van der Waals surface area contributed by atoms with Gasteiger partial charge in [0, 0.05) is 28.7 Å². The number of benzene rings is 4. The average molecular weight is 801 g/mol. The van der Waals surface area contributed by atoms with E-state index in [1.165, 1.54) is 16.7 Å². The molecule has 4 aromatic carbocycles. The number of carbonyl (C=O) groups excluding carboxylic acids is 1. The minimum Gasteiger partial charge on any atom is -0.425 e. The third-order valence-corrected chi connectivity index (χ3v) is 12.1. The molecule has 2 heterocycles. The van der Waals surface area contributed by atoms with Crippen LogP contribution < -0.4 is 18.9 Å². The van der Waals surface area contributed by atoms with Gasteiger partial charge in [-0.25, -0.2) is 0 Å². The van der Waals surface area contributed by atoms with Crippen molar-refractivity contribution in [2.45, 2.75) is 190 Å². The molecule has 0 saturated carbocycles. The van der Waals surface area contributed by atoms with Crippen molar-refractivity contribution < 1.29 is 23.7 Å². The number of aryl methyl sites for hydroxylation is 2. The van der Waals surface area contributed by atoms with Gasteiger partial charge in [0.1, 0.15) is 28.9 Å². The zero-order chi connectivity index (χ0) is 44.2. The molecule has 5 heteroatoms. The minimum absolute atomic E-state index is 0.0681. The van der Waals surface area contributed by atoms with Crippen LogP contribution in [0, 0.1) is 13.8 Å². The van der Waals surface area contributed by atoms with E-state index < -0.39 is 12.4 Å². The van der Waals surface area contributed by atoms with Gasteiger partial charge in [-0.05, 0) is 90.8 Å². The van der Waals surface area contributed by atoms with E-state index >= 15 is 0 Å². The molecule has 0 aliphatic carbocycles. The van der Waals surface area contributed by atoms with Gasteiger partial charge in [-0.1, -0.05) is 173 Å². The molecule has 0 bridgehead atoms. The smallest absolute Gasteiger partial charge is 0.406 e. The Hall–Kier alpha value is -4.25. The second kappa shape index (κ2) is 14.4. The molecule has 6 rings (SSSR count). The van der Waals surface area contributed by atoms with Gasteiger partial charge in [0.25, 0.3) is 0 Å². The maximum atomic E-state index is 13.9. The highest BCUT2D eigenvalue weighted by molar-refractivity contribution is 5.90. The summed E-state index contributed by atoms with van der Waals surface area (Å²) in [6.07, 6.45) is 0.664. The molecule has 2 aliphatic rings. The fourth-order valence-corrected chi connectivity index (χ4v) is 8.37. The van der Waals surface area contributed by atoms with Crippen LogP contribution in [-0.2, 0) is 43.7 Å². The fraction of sp³-hybridized carbons (Fsp3) is 0.537. The summed E-state index contributed by atoms with van der Waals surface area (Å²) in [5.41, 5.74) is 12.0. The van der Waals surface area contributed by atoms with E-state index in [4.69, 9.17) is 18.9 Å². The quantitative estimate of drug-likeness (QED) is 0.153. The van der Waals surface area contributed by atoms with Crippen LogP contribution in [0.1, 0.15) is 197 Å². The number of carbonyl (C=O) groups is 1. The van der Waals surface area contributed by atoms with Crippen molar-refractivity contribution in [1.82, 2.24) is 0 Å². The van der Waals surface area contributed by atoms with Crippen molar-refractivity contribution in [3.63, 3.8) is 0 Å². The molecule has 4 aromatic rings. The van der Waals surface area contributed by atoms with Gasteiger partial charge in [0.15, 0.2) is 0 Å². The highest BCUT2D eigenvalue weighted by atomic mass is 16.8. The van der Waals surface area contributed by atoms with Gasteiger partial charge in [-0.3, -0.25) is 4.79 Å². The molecule has 0 radical (unpaired) electrons. The lowest BCUT2D eigenvalue weighted by Gasteiger charge is -2.35. The zero-order valence-corrected chi connectivity index (χ0v) is 40.0. The van der Waals surface area contributed by atoms with E-state index in [0.29, 0.717) is 17.9 Å². The Labute approximate surface area is 356 Å². The van der Waals surface area contributed by atoms with Crippen LogP contribution in [0.5, 0.6) is 23.0 Å². The molecule has 59 heavy (non-hydrogen) atoms. The molecule has 2 aliphatic heterocycles. The monoisotopic (exact) mass is 801 g/mol. The lowest BCUT2D eigenvalue weighted by Crippen LogP contribution is -2.35. The first-order valence-electron chi connectivity index (χ1n) is 21.6. The van der Waals surface area contributed by atoms with Gasteiger partial charge in [-0.15, -0.1) is 0 Å². The molecule has 0 amide bonds. The molecule has 318 valence electrons. The topological polar surface area (TPSA) is 54.0 Å². The van der Waals surface area contributed by atoms with Gasteiger partial charge in [-0.2, -0.15) is 0 Å². The number of esters is 1. The minimum atomic E-state index is -1.10. The maximum absolute atomic E-state index is 13.9. The van der Waals surface area contributed by atoms with Crippen molar-refractivity contribution in [2.24, 2.45) is 0 Å². The summed E-state index contributed by atoms with van der Waals surface area (Å²) in [6.45, 7) is 43.2. The Morgan fingerprint density at radius 2 is 0.864 bits per heavy atom. The first kappa shape index (κ1) is 44.3. The average Bonchev–Trinajstić information content (AvgIpc) is 3.38. The van der Waals surface area contributed by atoms with Crippen molar-refractivity contribution in [1.29, 1.82) is 0 Å². The van der Waals surface area contributed by atoms with Crippen molar-refractivity contribution in [2.75, 3.05) is 0 Å². The Morgan fingerprint density at radius 1 is 0.492 bits per heavy atom. The van der Waals surface area contributed by atoms with Crippen LogP contribution in [0.15, 0.2) is 48.5 Å². The third kappa shape index (κ3) is 8.82. The molecule has 5 nitrogen and oxygen atoms in total. The Morgan fingerprint density at radius 3 is 1.24 bits per heavy atom. The standard InChI is InChI=1S/C54H72O5/c1-30-21-32(42-38-26-37(51(9,10)11)29-41(54(18,19)20)46(38)56-47(42)55)22-31(2)43(30)57-48-58-44-33(24-35(49(3,4)5)27-39(44)52(12,13)14)23-34-25-36(50(6,7)8)28-40(45(34)59-48)53(15,16)17/h21-22,24-29,42,48H,23H2,1-20H3. The number of fused-ring (bicyclic) bond motifs is 3. The molecule has 1 unspecified atom stereocenters. The SMILES string of the molecule is Cc1cc(C2C(=O)Oc3c2cc(C(C)(C)C)cc3C(C)(C)C)cc(C)c1OC1Oc2c(cc(C(C)(C)C)cc2C(C)(C)C)Cc2cc(C(C)(C)C)cc(C(C)(C)C)c2O1. The van der Waals surface area contributed by atoms with Crippen LogP contribution in [-0.4, -0.2) is 12.4 Å². The number of rotatable bonds is 3. The Balaban J connectivity index is 1.52. The molecular formula is C54H72O5. The summed E-state index contributed by atoms with van der Waals surface area (Å²) in [4.78, 5) is 13.9. The lowest BCUT2D eigenvalue weighted by molar-refractivity contribution is -0.143. The van der Waals surface area contributed by atoms with Gasteiger partial charge >= 0.3 is 12.4 Å². The lowest BCUT2D eigenvalue weighted by atomic mass is 9.76. The third-order valence-electron chi connectivity index (χ3n) is 12.1. The second-order valence-corrected chi connectivity index (χ2v) is 23.6. The highest BCUT2D eigenvalue weighted by Gasteiger charge is 2.41. The van der Waals surface area contributed by atoms with Crippen LogP contribution in [0.3, 0.4) is 0 Å². The van der Waals surface area contributed by atoms with E-state index in [1.54, 1.807) is 0 Å². The first-order valence-corrected chi connectivity index (χ1v) is 21.6. The van der Waals surface area contributed by atoms with Crippen molar-refractivity contribution >= 4 is 5.97 Å². The van der Waals surface area contributed by atoms with Crippen LogP contribution in [0.4, 0.5) is 0 Å². The summed E-state index contributed by atoms with van der Waals surface area (Å²) >= 11 is 0. The van der Waals surface area contributed by atoms with Crippen molar-refractivity contribution in [3.05, 3.63) is 115 Å². The molecule has 0 spiro atoms. The molecule has 0 N–H and O–H groups in total. The second-order valence-electron chi connectivity index (χ2n) is 23.6. The maximum Gasteiger partial charge on any atom is 0.406 e. The predicted molar refractivity (Wildman–Crippen MR) is 243 cm³/mol. The molecular weight excluding hydrogens is 729 g/mol. The number of hydrogen-bond acceptors (Lipinski definition) is 5. The van der Waals surface area contributed by atoms with Crippen molar-refractivity contribution in [3.8, 4) is 23.0 Å². The number of hydrogen-bond donors (Lipinski definition) is 0. The van der Waals surface area contributed by atoms with Crippen LogP contribution >= 0.6 is 0 Å². The summed E-state index contributed by atoms with van der Waals surface area (Å²) in [5, 5.41) is 0.